The monoisotopic (exact) mass is 297 g/mol. The average Bonchev–Trinajstić information content (AvgIpc) is 3.21. The van der Waals surface area contributed by atoms with Crippen LogP contribution in [-0.2, 0) is 6.42 Å². The van der Waals surface area contributed by atoms with Gasteiger partial charge in [-0.3, -0.25) is 4.79 Å². The molecule has 5 heteroatoms. The fraction of sp³-hybridized carbons (Fsp3) is 0.125. The van der Waals surface area contributed by atoms with E-state index in [4.69, 9.17) is 0 Å². The number of benzene rings is 1. The second-order valence-corrected chi connectivity index (χ2v) is 5.62. The number of thiophene rings is 1. The summed E-state index contributed by atoms with van der Waals surface area (Å²) in [6.07, 6.45) is 4.47. The smallest absolute Gasteiger partial charge is 0.251 e. The van der Waals surface area contributed by atoms with E-state index >= 15 is 0 Å². The average molecular weight is 297 g/mol. The van der Waals surface area contributed by atoms with Gasteiger partial charge in [0.2, 0.25) is 0 Å². The van der Waals surface area contributed by atoms with Crippen LogP contribution >= 0.6 is 11.3 Å². The van der Waals surface area contributed by atoms with Crippen molar-refractivity contribution in [2.45, 2.75) is 6.42 Å². The van der Waals surface area contributed by atoms with Gasteiger partial charge in [0.25, 0.3) is 5.91 Å². The molecule has 3 aromatic rings. The molecule has 21 heavy (non-hydrogen) atoms. The Morgan fingerprint density at radius 2 is 2.05 bits per heavy atom. The Bertz CT molecular complexity index is 688. The van der Waals surface area contributed by atoms with Crippen molar-refractivity contribution in [1.82, 2.24) is 15.1 Å². The molecular formula is C16H15N3OS. The van der Waals surface area contributed by atoms with Gasteiger partial charge in [-0.15, -0.1) is 11.3 Å². The van der Waals surface area contributed by atoms with Gasteiger partial charge in [0.05, 0.1) is 5.69 Å². The van der Waals surface area contributed by atoms with Gasteiger partial charge in [0.15, 0.2) is 0 Å². The fourth-order valence-corrected chi connectivity index (χ4v) is 2.75. The van der Waals surface area contributed by atoms with E-state index in [9.17, 15) is 4.79 Å². The molecule has 0 bridgehead atoms. The molecule has 0 aliphatic carbocycles. The van der Waals surface area contributed by atoms with Crippen LogP contribution in [0.25, 0.3) is 5.69 Å². The lowest BCUT2D eigenvalue weighted by atomic mass is 10.2. The lowest BCUT2D eigenvalue weighted by molar-refractivity contribution is 0.0954. The number of carbonyl (C=O) groups excluding carboxylic acids is 1. The van der Waals surface area contributed by atoms with E-state index in [1.807, 2.05) is 48.0 Å². The van der Waals surface area contributed by atoms with Crippen LogP contribution in [0.2, 0.25) is 0 Å². The molecule has 106 valence electrons. The number of carbonyl (C=O) groups is 1. The third-order valence-electron chi connectivity index (χ3n) is 3.14. The standard InChI is InChI=1S/C16H15N3OS/c20-16(17-10-8-15-3-1-12-21-15)13-4-6-14(7-5-13)19-11-2-9-18-19/h1-7,9,11-12H,8,10H2,(H,17,20). The quantitative estimate of drug-likeness (QED) is 0.787. The van der Waals surface area contributed by atoms with Crippen LogP contribution in [0.5, 0.6) is 0 Å². The zero-order chi connectivity index (χ0) is 14.5. The third kappa shape index (κ3) is 3.38. The highest BCUT2D eigenvalue weighted by atomic mass is 32.1. The Kier molecular flexibility index (Phi) is 4.12. The third-order valence-corrected chi connectivity index (χ3v) is 4.07. The summed E-state index contributed by atoms with van der Waals surface area (Å²) < 4.78 is 1.76. The number of nitrogens with zero attached hydrogens (tertiary/aromatic N) is 2. The Labute approximate surface area is 127 Å². The SMILES string of the molecule is O=C(NCCc1cccs1)c1ccc(-n2cccn2)cc1. The minimum absolute atomic E-state index is 0.0430. The van der Waals surface area contributed by atoms with Crippen LogP contribution < -0.4 is 5.32 Å². The molecule has 0 spiro atoms. The molecule has 0 atom stereocenters. The molecule has 4 nitrogen and oxygen atoms in total. The van der Waals surface area contributed by atoms with E-state index in [2.05, 4.69) is 16.5 Å². The maximum atomic E-state index is 12.0. The van der Waals surface area contributed by atoms with E-state index in [-0.39, 0.29) is 5.91 Å². The van der Waals surface area contributed by atoms with Crippen molar-refractivity contribution in [2.75, 3.05) is 6.54 Å². The predicted molar refractivity (Wildman–Crippen MR) is 83.9 cm³/mol. The highest BCUT2D eigenvalue weighted by Gasteiger charge is 2.05. The summed E-state index contributed by atoms with van der Waals surface area (Å²) in [7, 11) is 0. The zero-order valence-electron chi connectivity index (χ0n) is 11.4. The molecule has 1 aromatic carbocycles. The van der Waals surface area contributed by atoms with Crippen molar-refractivity contribution in [2.24, 2.45) is 0 Å². The van der Waals surface area contributed by atoms with Gasteiger partial charge < -0.3 is 5.32 Å². The van der Waals surface area contributed by atoms with Gasteiger partial charge in [-0.05, 0) is 48.2 Å². The Balaban J connectivity index is 1.57. The second-order valence-electron chi connectivity index (χ2n) is 4.58. The number of hydrogen-bond acceptors (Lipinski definition) is 3. The Morgan fingerprint density at radius 1 is 1.19 bits per heavy atom. The molecule has 0 fully saturated rings. The molecule has 1 N–H and O–H groups in total. The van der Waals surface area contributed by atoms with Crippen LogP contribution in [0.1, 0.15) is 15.2 Å². The summed E-state index contributed by atoms with van der Waals surface area (Å²) >= 11 is 1.71. The first-order valence-corrected chi connectivity index (χ1v) is 7.61. The van der Waals surface area contributed by atoms with Crippen molar-refractivity contribution in [3.63, 3.8) is 0 Å². The van der Waals surface area contributed by atoms with Crippen LogP contribution in [0.4, 0.5) is 0 Å². The topological polar surface area (TPSA) is 46.9 Å². The molecule has 0 saturated carbocycles. The number of rotatable bonds is 5. The largest absolute Gasteiger partial charge is 0.352 e. The minimum Gasteiger partial charge on any atom is -0.352 e. The maximum absolute atomic E-state index is 12.0. The van der Waals surface area contributed by atoms with Gasteiger partial charge in [0.1, 0.15) is 0 Å². The van der Waals surface area contributed by atoms with Gasteiger partial charge in [0, 0.05) is 29.4 Å². The van der Waals surface area contributed by atoms with Crippen molar-refractivity contribution in [3.8, 4) is 5.69 Å². The molecule has 0 aliphatic rings. The first-order chi connectivity index (χ1) is 10.3. The van der Waals surface area contributed by atoms with Crippen LogP contribution in [0.15, 0.2) is 60.2 Å². The summed E-state index contributed by atoms with van der Waals surface area (Å²) in [6.45, 7) is 0.653. The highest BCUT2D eigenvalue weighted by Crippen LogP contribution is 2.10. The summed E-state index contributed by atoms with van der Waals surface area (Å²) in [4.78, 5) is 13.3. The summed E-state index contributed by atoms with van der Waals surface area (Å²) in [5.74, 6) is -0.0430. The Hall–Kier alpha value is -2.40. The second kappa shape index (κ2) is 6.37. The Morgan fingerprint density at radius 3 is 2.71 bits per heavy atom. The molecule has 2 heterocycles. The summed E-state index contributed by atoms with van der Waals surface area (Å²) in [5.41, 5.74) is 1.60. The van der Waals surface area contributed by atoms with E-state index < -0.39 is 0 Å². The fourth-order valence-electron chi connectivity index (χ4n) is 2.04. The van der Waals surface area contributed by atoms with Crippen LogP contribution in [0, 0.1) is 0 Å². The number of amides is 1. The van der Waals surface area contributed by atoms with E-state index in [1.54, 1.807) is 22.2 Å². The molecule has 0 saturated heterocycles. The van der Waals surface area contributed by atoms with Crippen molar-refractivity contribution in [3.05, 3.63) is 70.7 Å². The van der Waals surface area contributed by atoms with Crippen molar-refractivity contribution < 1.29 is 4.79 Å². The van der Waals surface area contributed by atoms with E-state index in [1.165, 1.54) is 4.88 Å². The maximum Gasteiger partial charge on any atom is 0.251 e. The molecule has 0 aliphatic heterocycles. The number of nitrogens with one attached hydrogen (secondary N) is 1. The predicted octanol–water partition coefficient (Wildman–Crippen LogP) is 2.91. The molecule has 1 amide bonds. The first-order valence-electron chi connectivity index (χ1n) is 6.73. The van der Waals surface area contributed by atoms with Crippen molar-refractivity contribution in [1.29, 1.82) is 0 Å². The molecular weight excluding hydrogens is 282 g/mol. The molecule has 0 radical (unpaired) electrons. The molecule has 3 rings (SSSR count). The highest BCUT2D eigenvalue weighted by molar-refractivity contribution is 7.09. The van der Waals surface area contributed by atoms with Crippen molar-refractivity contribution >= 4 is 17.2 Å². The lowest BCUT2D eigenvalue weighted by Crippen LogP contribution is -2.25. The molecule has 0 unspecified atom stereocenters. The van der Waals surface area contributed by atoms with Gasteiger partial charge in [-0.1, -0.05) is 6.07 Å². The summed E-state index contributed by atoms with van der Waals surface area (Å²) in [5, 5.41) is 9.14. The zero-order valence-corrected chi connectivity index (χ0v) is 12.2. The van der Waals surface area contributed by atoms with E-state index in [0.717, 1.165) is 12.1 Å². The van der Waals surface area contributed by atoms with E-state index in [0.29, 0.717) is 12.1 Å². The lowest BCUT2D eigenvalue weighted by Gasteiger charge is -2.06. The number of aromatic nitrogens is 2. The normalized spacial score (nSPS) is 10.5. The first kappa shape index (κ1) is 13.6. The van der Waals surface area contributed by atoms with Gasteiger partial charge in [-0.25, -0.2) is 4.68 Å². The summed E-state index contributed by atoms with van der Waals surface area (Å²) in [6, 6.07) is 13.4. The molecule has 2 aromatic heterocycles. The number of hydrogen-bond donors (Lipinski definition) is 1. The van der Waals surface area contributed by atoms with Gasteiger partial charge in [-0.2, -0.15) is 5.10 Å². The minimum atomic E-state index is -0.0430. The van der Waals surface area contributed by atoms with Crippen LogP contribution in [0.3, 0.4) is 0 Å². The van der Waals surface area contributed by atoms with Crippen LogP contribution in [-0.4, -0.2) is 22.2 Å². The van der Waals surface area contributed by atoms with Gasteiger partial charge >= 0.3 is 0 Å².